The fraction of sp³-hybridized carbons (Fsp3) is 1.00. The van der Waals surface area contributed by atoms with Crippen molar-refractivity contribution < 1.29 is 0 Å². The van der Waals surface area contributed by atoms with E-state index in [0.29, 0.717) is 5.41 Å². The van der Waals surface area contributed by atoms with E-state index >= 15 is 0 Å². The number of hydrogen-bond donors (Lipinski definition) is 0. The molecule has 0 amide bonds. The summed E-state index contributed by atoms with van der Waals surface area (Å²) in [6, 6.07) is 0. The molecule has 0 aliphatic heterocycles. The van der Waals surface area contributed by atoms with Crippen LogP contribution in [0.5, 0.6) is 0 Å². The molecular formula is C11H20. The van der Waals surface area contributed by atoms with Crippen LogP contribution in [-0.2, 0) is 0 Å². The molecule has 4 atom stereocenters. The molecule has 0 spiro atoms. The van der Waals surface area contributed by atoms with Gasteiger partial charge in [0.2, 0.25) is 0 Å². The summed E-state index contributed by atoms with van der Waals surface area (Å²) in [5, 5.41) is 0. The monoisotopic (exact) mass is 152 g/mol. The second-order valence-corrected chi connectivity index (χ2v) is 5.43. The first-order valence-electron chi connectivity index (χ1n) is 5.03. The molecule has 11 heavy (non-hydrogen) atoms. The Bertz CT molecular complexity index is 169. The summed E-state index contributed by atoms with van der Waals surface area (Å²) in [6.07, 6.45) is 3.02. The summed E-state index contributed by atoms with van der Waals surface area (Å²) in [6.45, 7) is 9.81. The highest BCUT2D eigenvalue weighted by Crippen LogP contribution is 2.62. The van der Waals surface area contributed by atoms with E-state index in [1.807, 2.05) is 0 Å². The molecule has 3 aliphatic rings. The molecule has 0 nitrogen and oxygen atoms in total. The van der Waals surface area contributed by atoms with Crippen molar-refractivity contribution >= 4 is 0 Å². The fourth-order valence-electron chi connectivity index (χ4n) is 3.41. The van der Waals surface area contributed by atoms with Crippen molar-refractivity contribution in [2.45, 2.75) is 40.5 Å². The SMILES string of the molecule is C[C@H]1[C@H]2C[C@H](C[C@@H]1C)C2(C)C. The lowest BCUT2D eigenvalue weighted by Crippen LogP contribution is -2.54. The van der Waals surface area contributed by atoms with Crippen molar-refractivity contribution in [3.63, 3.8) is 0 Å². The van der Waals surface area contributed by atoms with Crippen LogP contribution in [0.2, 0.25) is 0 Å². The Balaban J connectivity index is 2.17. The molecule has 3 rings (SSSR count). The van der Waals surface area contributed by atoms with Gasteiger partial charge in [0.1, 0.15) is 0 Å². The smallest absolute Gasteiger partial charge is 0.0295 e. The lowest BCUT2D eigenvalue weighted by molar-refractivity contribution is -0.124. The van der Waals surface area contributed by atoms with Crippen LogP contribution in [0.25, 0.3) is 0 Å². The van der Waals surface area contributed by atoms with Crippen LogP contribution >= 0.6 is 0 Å². The summed E-state index contributed by atoms with van der Waals surface area (Å²) >= 11 is 0. The first-order valence-corrected chi connectivity index (χ1v) is 5.03. The zero-order chi connectivity index (χ0) is 8.22. The molecule has 0 unspecified atom stereocenters. The highest BCUT2D eigenvalue weighted by atomic mass is 14.6. The molecule has 3 saturated carbocycles. The van der Waals surface area contributed by atoms with Gasteiger partial charge in [0.15, 0.2) is 0 Å². The third-order valence-corrected chi connectivity index (χ3v) is 4.73. The van der Waals surface area contributed by atoms with Gasteiger partial charge in [-0.3, -0.25) is 0 Å². The van der Waals surface area contributed by atoms with E-state index in [-0.39, 0.29) is 0 Å². The third-order valence-electron chi connectivity index (χ3n) is 4.73. The Morgan fingerprint density at radius 3 is 2.09 bits per heavy atom. The first-order chi connectivity index (χ1) is 5.03. The zero-order valence-electron chi connectivity index (χ0n) is 8.22. The lowest BCUT2D eigenvalue weighted by Gasteiger charge is -2.61. The van der Waals surface area contributed by atoms with E-state index in [1.165, 1.54) is 12.8 Å². The fourth-order valence-corrected chi connectivity index (χ4v) is 3.41. The van der Waals surface area contributed by atoms with Crippen LogP contribution in [0.4, 0.5) is 0 Å². The Morgan fingerprint density at radius 1 is 1.09 bits per heavy atom. The third kappa shape index (κ3) is 0.816. The van der Waals surface area contributed by atoms with Crippen molar-refractivity contribution in [3.8, 4) is 0 Å². The van der Waals surface area contributed by atoms with Gasteiger partial charge in [0.25, 0.3) is 0 Å². The number of rotatable bonds is 0. The predicted octanol–water partition coefficient (Wildman–Crippen LogP) is 3.32. The quantitative estimate of drug-likeness (QED) is 0.499. The van der Waals surface area contributed by atoms with Gasteiger partial charge in [-0.2, -0.15) is 0 Å². The topological polar surface area (TPSA) is 0 Å². The van der Waals surface area contributed by atoms with E-state index in [2.05, 4.69) is 27.7 Å². The van der Waals surface area contributed by atoms with Crippen molar-refractivity contribution in [1.29, 1.82) is 0 Å². The van der Waals surface area contributed by atoms with Gasteiger partial charge in [0, 0.05) is 0 Å². The molecule has 3 aliphatic carbocycles. The molecule has 0 radical (unpaired) electrons. The van der Waals surface area contributed by atoms with E-state index in [1.54, 1.807) is 0 Å². The predicted molar refractivity (Wildman–Crippen MR) is 48.3 cm³/mol. The van der Waals surface area contributed by atoms with Gasteiger partial charge in [-0.05, 0) is 41.9 Å². The largest absolute Gasteiger partial charge is 0.0622 e. The molecular weight excluding hydrogens is 132 g/mol. The average Bonchev–Trinajstić information content (AvgIpc) is 1.93. The molecule has 0 aromatic rings. The molecule has 0 aromatic carbocycles. The van der Waals surface area contributed by atoms with E-state index in [4.69, 9.17) is 0 Å². The summed E-state index contributed by atoms with van der Waals surface area (Å²) in [5.74, 6) is 4.07. The minimum absolute atomic E-state index is 0.686. The normalized spacial score (nSPS) is 53.5. The molecule has 0 N–H and O–H groups in total. The van der Waals surface area contributed by atoms with E-state index < -0.39 is 0 Å². The van der Waals surface area contributed by atoms with Gasteiger partial charge in [-0.15, -0.1) is 0 Å². The van der Waals surface area contributed by atoms with E-state index in [9.17, 15) is 0 Å². The molecule has 0 aromatic heterocycles. The lowest BCUT2D eigenvalue weighted by atomic mass is 9.44. The minimum Gasteiger partial charge on any atom is -0.0622 e. The maximum Gasteiger partial charge on any atom is -0.0295 e. The van der Waals surface area contributed by atoms with E-state index in [0.717, 1.165) is 23.7 Å². The van der Waals surface area contributed by atoms with Crippen LogP contribution in [0.3, 0.4) is 0 Å². The second-order valence-electron chi connectivity index (χ2n) is 5.43. The highest BCUT2D eigenvalue weighted by molar-refractivity contribution is 5.03. The Hall–Kier alpha value is 0. The Morgan fingerprint density at radius 2 is 1.73 bits per heavy atom. The molecule has 0 heteroatoms. The maximum atomic E-state index is 2.47. The molecule has 0 saturated heterocycles. The van der Waals surface area contributed by atoms with Gasteiger partial charge in [-0.25, -0.2) is 0 Å². The molecule has 3 fully saturated rings. The average molecular weight is 152 g/mol. The van der Waals surface area contributed by atoms with Crippen molar-refractivity contribution in [3.05, 3.63) is 0 Å². The van der Waals surface area contributed by atoms with Crippen LogP contribution in [0, 0.1) is 29.1 Å². The Labute approximate surface area is 70.4 Å². The second kappa shape index (κ2) is 2.02. The van der Waals surface area contributed by atoms with Crippen LogP contribution in [0.1, 0.15) is 40.5 Å². The molecule has 2 bridgehead atoms. The molecule has 0 heterocycles. The van der Waals surface area contributed by atoms with Gasteiger partial charge < -0.3 is 0 Å². The van der Waals surface area contributed by atoms with Gasteiger partial charge >= 0.3 is 0 Å². The van der Waals surface area contributed by atoms with Crippen LogP contribution in [-0.4, -0.2) is 0 Å². The van der Waals surface area contributed by atoms with Crippen molar-refractivity contribution in [2.75, 3.05) is 0 Å². The van der Waals surface area contributed by atoms with Crippen molar-refractivity contribution in [1.82, 2.24) is 0 Å². The maximum absolute atomic E-state index is 2.47. The Kier molecular flexibility index (Phi) is 1.41. The van der Waals surface area contributed by atoms with Crippen LogP contribution in [0.15, 0.2) is 0 Å². The summed E-state index contributed by atoms with van der Waals surface area (Å²) < 4.78 is 0. The number of fused-ring (bicyclic) bond motifs is 2. The summed E-state index contributed by atoms with van der Waals surface area (Å²) in [7, 11) is 0. The summed E-state index contributed by atoms with van der Waals surface area (Å²) in [4.78, 5) is 0. The minimum atomic E-state index is 0.686. The van der Waals surface area contributed by atoms with Crippen LogP contribution < -0.4 is 0 Å². The molecule has 64 valence electrons. The number of hydrogen-bond acceptors (Lipinski definition) is 0. The summed E-state index contributed by atoms with van der Waals surface area (Å²) in [5.41, 5.74) is 0.686. The highest BCUT2D eigenvalue weighted by Gasteiger charge is 2.54. The first kappa shape index (κ1) is 7.64. The zero-order valence-corrected chi connectivity index (χ0v) is 8.22. The van der Waals surface area contributed by atoms with Gasteiger partial charge in [-0.1, -0.05) is 27.7 Å². The van der Waals surface area contributed by atoms with Crippen molar-refractivity contribution in [2.24, 2.45) is 29.1 Å². The standard InChI is InChI=1S/C11H20/c1-7-5-9-6-10(8(7)2)11(9,3)4/h7-10H,5-6H2,1-4H3/t7-,8+,9-,10+/m0/s1. The van der Waals surface area contributed by atoms with Gasteiger partial charge in [0.05, 0.1) is 0 Å².